The van der Waals surface area contributed by atoms with E-state index in [4.69, 9.17) is 5.26 Å². The summed E-state index contributed by atoms with van der Waals surface area (Å²) >= 11 is 0. The Morgan fingerprint density at radius 1 is 1.16 bits per heavy atom. The lowest BCUT2D eigenvalue weighted by Gasteiger charge is -2.26. The number of hydrogen-bond acceptors (Lipinski definition) is 3. The predicted octanol–water partition coefficient (Wildman–Crippen LogP) is 2.42. The van der Waals surface area contributed by atoms with Crippen LogP contribution in [0.25, 0.3) is 0 Å². The normalized spacial score (nSPS) is 23.8. The maximum Gasteiger partial charge on any atom is 0.240 e. The van der Waals surface area contributed by atoms with Crippen molar-refractivity contribution in [2.24, 2.45) is 5.92 Å². The number of benzene rings is 1. The molecule has 0 aliphatic heterocycles. The molecule has 1 aliphatic rings. The minimum absolute atomic E-state index is 0.0387. The third-order valence-electron chi connectivity index (χ3n) is 3.63. The number of nitriles is 1. The number of rotatable bonds is 3. The van der Waals surface area contributed by atoms with Gasteiger partial charge >= 0.3 is 0 Å². The van der Waals surface area contributed by atoms with Gasteiger partial charge in [0.1, 0.15) is 0 Å². The molecule has 0 atom stereocenters. The fourth-order valence-electron chi connectivity index (χ4n) is 2.37. The topological polar surface area (TPSA) is 70.0 Å². The summed E-state index contributed by atoms with van der Waals surface area (Å²) in [6.07, 6.45) is 3.94. The van der Waals surface area contributed by atoms with Crippen molar-refractivity contribution < 1.29 is 8.42 Å². The van der Waals surface area contributed by atoms with E-state index < -0.39 is 10.0 Å². The van der Waals surface area contributed by atoms with Crippen molar-refractivity contribution >= 4 is 10.0 Å². The smallest absolute Gasteiger partial charge is 0.208 e. The molecule has 1 saturated carbocycles. The molecule has 4 nitrogen and oxygen atoms in total. The van der Waals surface area contributed by atoms with E-state index in [-0.39, 0.29) is 10.9 Å². The average Bonchev–Trinajstić information content (AvgIpc) is 2.41. The lowest BCUT2D eigenvalue weighted by atomic mass is 9.88. The molecule has 0 aromatic heterocycles. The summed E-state index contributed by atoms with van der Waals surface area (Å²) in [4.78, 5) is 0.227. The Labute approximate surface area is 114 Å². The molecular formula is C14H18N2O2S. The Hall–Kier alpha value is -1.38. The fraction of sp³-hybridized carbons (Fsp3) is 0.500. The first-order chi connectivity index (χ1) is 9.01. The predicted molar refractivity (Wildman–Crippen MR) is 72.9 cm³/mol. The molecule has 1 aromatic carbocycles. The van der Waals surface area contributed by atoms with Gasteiger partial charge in [0, 0.05) is 6.04 Å². The highest BCUT2D eigenvalue weighted by Gasteiger charge is 2.23. The second-order valence-corrected chi connectivity index (χ2v) is 6.93. The van der Waals surface area contributed by atoms with Crippen molar-refractivity contribution in [2.75, 3.05) is 0 Å². The van der Waals surface area contributed by atoms with Gasteiger partial charge in [-0.05, 0) is 55.9 Å². The zero-order valence-corrected chi connectivity index (χ0v) is 11.8. The highest BCUT2D eigenvalue weighted by Crippen LogP contribution is 2.24. The minimum atomic E-state index is -3.46. The molecule has 1 fully saturated rings. The van der Waals surface area contributed by atoms with Crippen LogP contribution in [0.15, 0.2) is 29.2 Å². The Morgan fingerprint density at radius 3 is 2.26 bits per heavy atom. The zero-order valence-electron chi connectivity index (χ0n) is 11.0. The van der Waals surface area contributed by atoms with Crippen LogP contribution in [0.2, 0.25) is 0 Å². The Morgan fingerprint density at radius 2 is 1.74 bits per heavy atom. The van der Waals surface area contributed by atoms with E-state index in [1.54, 1.807) is 0 Å². The van der Waals surface area contributed by atoms with E-state index in [0.29, 0.717) is 11.5 Å². The van der Waals surface area contributed by atoms with Gasteiger partial charge in [0.25, 0.3) is 0 Å². The largest absolute Gasteiger partial charge is 0.240 e. The van der Waals surface area contributed by atoms with Gasteiger partial charge in [-0.1, -0.05) is 6.92 Å². The SMILES string of the molecule is CC1CCC(NS(=O)(=O)c2ccc(C#N)cc2)CC1. The van der Waals surface area contributed by atoms with Gasteiger partial charge in [0.2, 0.25) is 10.0 Å². The van der Waals surface area contributed by atoms with Crippen LogP contribution in [-0.2, 0) is 10.0 Å². The fourth-order valence-corrected chi connectivity index (χ4v) is 3.68. The van der Waals surface area contributed by atoms with Crippen LogP contribution in [0, 0.1) is 17.2 Å². The summed E-state index contributed by atoms with van der Waals surface area (Å²) in [5.74, 6) is 0.690. The molecule has 0 heterocycles. The van der Waals surface area contributed by atoms with Gasteiger partial charge in [-0.2, -0.15) is 5.26 Å². The summed E-state index contributed by atoms with van der Waals surface area (Å²) in [6.45, 7) is 2.20. The molecular weight excluding hydrogens is 260 g/mol. The molecule has 2 rings (SSSR count). The standard InChI is InChI=1S/C14H18N2O2S/c1-11-2-6-13(7-3-11)16-19(17,18)14-8-4-12(10-15)5-9-14/h4-5,8-9,11,13,16H,2-3,6-7H2,1H3. The molecule has 1 N–H and O–H groups in total. The van der Waals surface area contributed by atoms with Crippen molar-refractivity contribution in [3.8, 4) is 6.07 Å². The zero-order chi connectivity index (χ0) is 13.9. The highest BCUT2D eigenvalue weighted by atomic mass is 32.2. The third kappa shape index (κ3) is 3.55. The Balaban J connectivity index is 2.07. The van der Waals surface area contributed by atoms with E-state index in [9.17, 15) is 8.42 Å². The molecule has 0 saturated heterocycles. The molecule has 0 amide bonds. The van der Waals surface area contributed by atoms with Gasteiger partial charge in [-0.15, -0.1) is 0 Å². The molecule has 0 spiro atoms. The third-order valence-corrected chi connectivity index (χ3v) is 5.17. The quantitative estimate of drug-likeness (QED) is 0.923. The van der Waals surface area contributed by atoms with Crippen LogP contribution in [0.4, 0.5) is 0 Å². The van der Waals surface area contributed by atoms with Crippen LogP contribution in [0.1, 0.15) is 38.2 Å². The number of hydrogen-bond donors (Lipinski definition) is 1. The van der Waals surface area contributed by atoms with Gasteiger partial charge in [-0.3, -0.25) is 0 Å². The summed E-state index contributed by atoms with van der Waals surface area (Å²) in [5, 5.41) is 8.70. The first-order valence-corrected chi connectivity index (χ1v) is 8.02. The maximum absolute atomic E-state index is 12.2. The van der Waals surface area contributed by atoms with Crippen molar-refractivity contribution in [3.63, 3.8) is 0 Å². The van der Waals surface area contributed by atoms with Crippen molar-refractivity contribution in [1.29, 1.82) is 5.26 Å². The number of nitrogens with zero attached hydrogens (tertiary/aromatic N) is 1. The molecule has 102 valence electrons. The Kier molecular flexibility index (Phi) is 4.23. The lowest BCUT2D eigenvalue weighted by Crippen LogP contribution is -2.37. The van der Waals surface area contributed by atoms with Gasteiger partial charge in [0.15, 0.2) is 0 Å². The van der Waals surface area contributed by atoms with Gasteiger partial charge in [-0.25, -0.2) is 13.1 Å². The Bertz CT molecular complexity index is 564. The summed E-state index contributed by atoms with van der Waals surface area (Å²) < 4.78 is 27.1. The van der Waals surface area contributed by atoms with E-state index >= 15 is 0 Å². The highest BCUT2D eigenvalue weighted by molar-refractivity contribution is 7.89. The molecule has 1 aromatic rings. The van der Waals surface area contributed by atoms with Crippen LogP contribution in [0.3, 0.4) is 0 Å². The summed E-state index contributed by atoms with van der Waals surface area (Å²) in [7, 11) is -3.46. The van der Waals surface area contributed by atoms with E-state index in [1.165, 1.54) is 24.3 Å². The second kappa shape index (κ2) is 5.72. The van der Waals surface area contributed by atoms with E-state index in [0.717, 1.165) is 25.7 Å². The van der Waals surface area contributed by atoms with Crippen molar-refractivity contribution in [3.05, 3.63) is 29.8 Å². The van der Waals surface area contributed by atoms with Crippen molar-refractivity contribution in [1.82, 2.24) is 4.72 Å². The van der Waals surface area contributed by atoms with Crippen LogP contribution >= 0.6 is 0 Å². The molecule has 5 heteroatoms. The molecule has 0 unspecified atom stereocenters. The maximum atomic E-state index is 12.2. The van der Waals surface area contributed by atoms with Crippen LogP contribution < -0.4 is 4.72 Å². The average molecular weight is 278 g/mol. The van der Waals surface area contributed by atoms with Crippen LogP contribution in [-0.4, -0.2) is 14.5 Å². The molecule has 1 aliphatic carbocycles. The van der Waals surface area contributed by atoms with Crippen LogP contribution in [0.5, 0.6) is 0 Å². The molecule has 0 bridgehead atoms. The first-order valence-electron chi connectivity index (χ1n) is 6.54. The first kappa shape index (κ1) is 14.0. The summed E-state index contributed by atoms with van der Waals surface area (Å²) in [5.41, 5.74) is 0.463. The summed E-state index contributed by atoms with van der Waals surface area (Å²) in [6, 6.07) is 8.02. The minimum Gasteiger partial charge on any atom is -0.208 e. The second-order valence-electron chi connectivity index (χ2n) is 5.21. The number of sulfonamides is 1. The van der Waals surface area contributed by atoms with E-state index in [1.807, 2.05) is 6.07 Å². The number of nitrogens with one attached hydrogen (secondary N) is 1. The van der Waals surface area contributed by atoms with Gasteiger partial charge < -0.3 is 0 Å². The van der Waals surface area contributed by atoms with E-state index in [2.05, 4.69) is 11.6 Å². The molecule has 0 radical (unpaired) electrons. The molecule has 19 heavy (non-hydrogen) atoms. The van der Waals surface area contributed by atoms with Crippen molar-refractivity contribution in [2.45, 2.75) is 43.5 Å². The van der Waals surface area contributed by atoms with Gasteiger partial charge in [0.05, 0.1) is 16.5 Å². The monoisotopic (exact) mass is 278 g/mol. The lowest BCUT2D eigenvalue weighted by molar-refractivity contribution is 0.332.